The van der Waals surface area contributed by atoms with Crippen molar-refractivity contribution in [2.75, 3.05) is 52.5 Å². The van der Waals surface area contributed by atoms with Gasteiger partial charge in [-0.25, -0.2) is 4.79 Å². The number of phenols is 4. The molecular weight excluding hydrogens is 1850 g/mol. The smallest absolute Gasteiger partial charge is 0.408 e. The number of aromatic hydroxyl groups is 4. The number of alkyl carbamates (subject to hydrolysis) is 1. The standard InChI is InChI=1S/C97H112Cl2N12O28/c1-47(2)13-6-3-4-9-16-74(118)105-81-84(121)82(119)72(44-112)137-95(81)139-87-70-39-54-40-71(87)135-67-24-18-50(32-61(67)99)34-63-89(125)109-80(90(126)102-27-12-30-111(28-10-25-100)29-11-26-101)59-42-56(115)43-69(136-96-86(123)85(122)83(120)73(45-113)138-96)75(59)58-37-51(19-21-64(58)116)76(91(127)103-63)107-94(130)79(54)108-93(129)78-53-35-55(114)41-57(36-53)133-68-38-52(20-22-65(68)117)77(110-97(131)132-46-48-14-7-5-8-15-48)92(128)104-62(88(124)106-78)33-49-17-23-66(134-70)60(98)31-49/h5,7-8,14-15,17-24,31-32,35-43,47,62-63,72-73,76-86,95-96,112-117,119-123H,3-4,6,9-13,16,25-30,33-34,44-46,100-101H2,1-2H3,(H,102,126)(H,103,127)(H,104,128)(H,105,118)(H,106,124)(H,107,130)(H,108,129)(H,109,125)(H,110,131)/t62-,63+,72-,73-,76-,77+,78+,79-,80+,81-,82-,83-,84-,85+,86+,95+,96+/m1/s1. The van der Waals surface area contributed by atoms with Gasteiger partial charge in [0.1, 0.15) is 138 Å². The number of unbranched alkanes of at least 4 members (excludes halogenated alkanes) is 3. The van der Waals surface area contributed by atoms with Crippen LogP contribution in [0.4, 0.5) is 4.79 Å². The van der Waals surface area contributed by atoms with Gasteiger partial charge in [0.05, 0.1) is 23.3 Å². The third kappa shape index (κ3) is 24.9. The maximum Gasteiger partial charge on any atom is 0.408 e. The molecule has 40 nitrogen and oxygen atoms in total. The first-order valence-corrected chi connectivity index (χ1v) is 46.4. The van der Waals surface area contributed by atoms with Crippen LogP contribution in [0.15, 0.2) is 146 Å². The van der Waals surface area contributed by atoms with Crippen LogP contribution in [0.25, 0.3) is 11.1 Å². The Balaban J connectivity index is 0.969. The molecule has 24 N–H and O–H groups in total. The number of nitrogens with one attached hydrogen (secondary N) is 9. The lowest BCUT2D eigenvalue weighted by molar-refractivity contribution is -0.277. The molecule has 8 aromatic rings. The number of aliphatic hydroxyl groups excluding tert-OH is 7. The van der Waals surface area contributed by atoms with Crippen molar-refractivity contribution in [2.24, 2.45) is 17.4 Å². The van der Waals surface area contributed by atoms with Crippen LogP contribution < -0.4 is 83.0 Å². The van der Waals surface area contributed by atoms with Gasteiger partial charge in [-0.2, -0.15) is 0 Å². The van der Waals surface area contributed by atoms with Gasteiger partial charge in [-0.3, -0.25) is 38.4 Å². The van der Waals surface area contributed by atoms with Crippen molar-refractivity contribution in [3.63, 3.8) is 0 Å². The highest BCUT2D eigenvalue weighted by atomic mass is 35.5. The van der Waals surface area contributed by atoms with E-state index in [-0.39, 0.29) is 86.7 Å². The molecule has 9 amide bonds. The average molecular weight is 1960 g/mol. The number of amides is 9. The van der Waals surface area contributed by atoms with Crippen molar-refractivity contribution >= 4 is 76.6 Å². The Labute approximate surface area is 807 Å². The quantitative estimate of drug-likeness (QED) is 0.0288. The van der Waals surface area contributed by atoms with E-state index in [1.165, 1.54) is 48.5 Å². The second-order valence-electron chi connectivity index (χ2n) is 35.1. The van der Waals surface area contributed by atoms with E-state index >= 15 is 33.6 Å². The summed E-state index contributed by atoms with van der Waals surface area (Å²) in [5, 5.41) is 151. The molecule has 0 spiro atoms. The number of aliphatic hydroxyl groups is 7. The number of benzene rings is 8. The molecule has 2 fully saturated rings. The van der Waals surface area contributed by atoms with Crippen molar-refractivity contribution < 1.29 is 137 Å². The van der Waals surface area contributed by atoms with Crippen molar-refractivity contribution in [1.82, 2.24) is 52.8 Å². The Morgan fingerprint density at radius 2 is 1.07 bits per heavy atom. The number of fused-ring (bicyclic) bond motifs is 14. The van der Waals surface area contributed by atoms with E-state index in [9.17, 15) is 65.8 Å². The van der Waals surface area contributed by atoms with Gasteiger partial charge < -0.3 is 158 Å². The van der Waals surface area contributed by atoms with E-state index in [1.54, 1.807) is 30.3 Å². The Morgan fingerprint density at radius 1 is 0.511 bits per heavy atom. The summed E-state index contributed by atoms with van der Waals surface area (Å²) in [6.45, 7) is 4.23. The monoisotopic (exact) mass is 1960 g/mol. The molecule has 0 saturated carbocycles. The SMILES string of the molecule is CC(C)CCCCCCC(=O)N[C@H]1[C@H](Oc2c3cc4cc2Oc2ccc(cc2Cl)C[C@H]2NC(=O)[C@@H](NC(=O)OCc5ccccc5)c5ccc(O)c(c5)Oc5cc(O)cc(c5)[C@H](NC2=O)C(=O)N[C@H]4C(=O)N[C@H]2C(=O)N[C@@H](Cc4ccc(c(Cl)c4)O3)C(=O)N[C@H](C(=O)NCCCN(CCCN)CCCN)c3cc(O)cc(O[C@H]4O[C@H](CO)[C@@H](O)[C@H](O)[C@@H]4O)c3-c3cc2ccc3O)O[C@H](CO)[C@@H](O)[C@@H]1O. The van der Waals surface area contributed by atoms with Crippen LogP contribution in [-0.4, -0.2) is 240 Å². The number of rotatable bonds is 28. The maximum absolute atomic E-state index is 17.0. The molecule has 8 heterocycles. The van der Waals surface area contributed by atoms with Crippen LogP contribution in [0.5, 0.6) is 69.0 Å². The fourth-order valence-electron chi connectivity index (χ4n) is 17.2. The zero-order chi connectivity index (χ0) is 99.2. The Morgan fingerprint density at radius 3 is 1.71 bits per heavy atom. The summed E-state index contributed by atoms with van der Waals surface area (Å²) in [5.74, 6) is -15.1. The highest BCUT2D eigenvalue weighted by molar-refractivity contribution is 6.32. The van der Waals surface area contributed by atoms with E-state index in [2.05, 4.69) is 66.6 Å². The van der Waals surface area contributed by atoms with E-state index in [0.29, 0.717) is 69.9 Å². The molecule has 139 heavy (non-hydrogen) atoms. The fraction of sp³-hybridized carbons (Fsp3) is 0.412. The zero-order valence-electron chi connectivity index (χ0n) is 75.6. The highest BCUT2D eigenvalue weighted by Gasteiger charge is 2.50. The number of nitrogens with zero attached hydrogens (tertiary/aromatic N) is 1. The van der Waals surface area contributed by atoms with Crippen LogP contribution in [0, 0.1) is 5.92 Å². The van der Waals surface area contributed by atoms with Crippen LogP contribution in [0.3, 0.4) is 0 Å². The van der Waals surface area contributed by atoms with Crippen molar-refractivity contribution in [3.8, 4) is 80.1 Å². The number of nitrogens with two attached hydrogens (primary N) is 2. The van der Waals surface area contributed by atoms with Gasteiger partial charge in [0.2, 0.25) is 65.6 Å². The number of carbonyl (C=O) groups is 9. The summed E-state index contributed by atoms with van der Waals surface area (Å²) in [5.41, 5.74) is 10.1. The predicted molar refractivity (Wildman–Crippen MR) is 497 cm³/mol. The number of hydrogen-bond donors (Lipinski definition) is 22. The number of halogens is 2. The minimum Gasteiger partial charge on any atom is -0.508 e. The summed E-state index contributed by atoms with van der Waals surface area (Å²) < 4.78 is 50.9. The minimum atomic E-state index is -2.41. The number of phenolic OH excluding ortho intramolecular Hbond substituents is 4. The van der Waals surface area contributed by atoms with Crippen LogP contribution in [0.2, 0.25) is 10.0 Å². The third-order valence-corrected chi connectivity index (χ3v) is 25.1. The van der Waals surface area contributed by atoms with E-state index < -0.39 is 251 Å². The summed E-state index contributed by atoms with van der Waals surface area (Å²) in [4.78, 5) is 143. The molecule has 17 atom stereocenters. The van der Waals surface area contributed by atoms with Gasteiger partial charge in [0, 0.05) is 49.1 Å². The van der Waals surface area contributed by atoms with Gasteiger partial charge in [0.15, 0.2) is 23.0 Å². The first-order valence-electron chi connectivity index (χ1n) is 45.6. The van der Waals surface area contributed by atoms with E-state index in [0.717, 1.165) is 86.0 Å². The second-order valence-corrected chi connectivity index (χ2v) is 36.0. The lowest BCUT2D eigenvalue weighted by atomic mass is 9.89. The van der Waals surface area contributed by atoms with Crippen molar-refractivity contribution in [3.05, 3.63) is 200 Å². The second kappa shape index (κ2) is 46.2. The summed E-state index contributed by atoms with van der Waals surface area (Å²) in [7, 11) is 0. The summed E-state index contributed by atoms with van der Waals surface area (Å²) in [6, 6.07) is 14.6. The molecule has 742 valence electrons. The third-order valence-electron chi connectivity index (χ3n) is 24.5. The van der Waals surface area contributed by atoms with Gasteiger partial charge in [-0.1, -0.05) is 117 Å². The molecule has 42 heteroatoms. The van der Waals surface area contributed by atoms with Gasteiger partial charge in [-0.05, 0) is 188 Å². The van der Waals surface area contributed by atoms with Gasteiger partial charge >= 0.3 is 6.09 Å². The van der Waals surface area contributed by atoms with Crippen molar-refractivity contribution in [2.45, 2.75) is 195 Å². The minimum absolute atomic E-state index is 0.0673. The molecule has 8 aliphatic heterocycles. The molecule has 8 aromatic carbocycles. The lowest BCUT2D eigenvalue weighted by Gasteiger charge is -2.42. The van der Waals surface area contributed by atoms with Crippen LogP contribution in [0.1, 0.15) is 146 Å². The molecule has 0 radical (unpaired) electrons. The average Bonchev–Trinajstić information content (AvgIpc) is 0.753. The van der Waals surface area contributed by atoms with E-state index in [1.807, 2.05) is 0 Å². The molecule has 0 unspecified atom stereocenters. The molecular formula is C97H112Cl2N12O28. The predicted octanol–water partition coefficient (Wildman–Crippen LogP) is 4.95. The largest absolute Gasteiger partial charge is 0.508 e. The molecule has 0 aliphatic carbocycles. The molecule has 0 aromatic heterocycles. The number of ether oxygens (including phenoxy) is 8. The van der Waals surface area contributed by atoms with Crippen LogP contribution >= 0.6 is 23.2 Å². The van der Waals surface area contributed by atoms with Crippen molar-refractivity contribution in [1.29, 1.82) is 0 Å². The summed E-state index contributed by atoms with van der Waals surface area (Å²) in [6.07, 6.45) is -14.6. The van der Waals surface area contributed by atoms with Crippen LogP contribution in [-0.2, 0) is 72.0 Å². The molecule has 8 aliphatic rings. The zero-order valence-corrected chi connectivity index (χ0v) is 77.1. The topological polar surface area (TPSA) is 614 Å². The molecule has 16 rings (SSSR count). The van der Waals surface area contributed by atoms with E-state index in [4.69, 9.17) is 72.6 Å². The normalized spacial score (nSPS) is 24.1. The fourth-order valence-corrected chi connectivity index (χ4v) is 17.7. The number of carbonyl (C=O) groups excluding carboxylic acids is 9. The van der Waals surface area contributed by atoms with Gasteiger partial charge in [-0.15, -0.1) is 0 Å². The molecule has 2 saturated heterocycles. The Kier molecular flexibility index (Phi) is 33.9. The first kappa shape index (κ1) is 102. The Bertz CT molecular complexity index is 5800. The number of hydrogen-bond acceptors (Lipinski definition) is 31. The highest BCUT2D eigenvalue weighted by Crippen LogP contribution is 2.51. The Hall–Kier alpha value is -12.9. The summed E-state index contributed by atoms with van der Waals surface area (Å²) >= 11 is 14.7. The first-order chi connectivity index (χ1) is 66.7. The maximum atomic E-state index is 17.0. The van der Waals surface area contributed by atoms with Gasteiger partial charge in [0.25, 0.3) is 0 Å². The lowest BCUT2D eigenvalue weighted by Crippen LogP contribution is -2.65. The molecule has 17 bridgehead atoms.